The molecule has 0 bridgehead atoms. The summed E-state index contributed by atoms with van der Waals surface area (Å²) in [7, 11) is 0. The molecule has 2 aliphatic rings. The summed E-state index contributed by atoms with van der Waals surface area (Å²) in [6.07, 6.45) is 1.48. The van der Waals surface area contributed by atoms with E-state index in [9.17, 15) is 4.79 Å². The smallest absolute Gasteiger partial charge is 0.230 e. The molecule has 134 valence electrons. The van der Waals surface area contributed by atoms with Gasteiger partial charge in [-0.05, 0) is 26.7 Å². The summed E-state index contributed by atoms with van der Waals surface area (Å²) in [4.78, 5) is 17.3. The second-order valence-electron chi connectivity index (χ2n) is 6.97. The van der Waals surface area contributed by atoms with Gasteiger partial charge in [-0.2, -0.15) is 0 Å². The first-order valence-electron chi connectivity index (χ1n) is 8.77. The minimum Gasteiger partial charge on any atom is -0.381 e. The summed E-state index contributed by atoms with van der Waals surface area (Å²) in [5, 5.41) is 4.01. The van der Waals surface area contributed by atoms with E-state index in [0.29, 0.717) is 19.8 Å². The molecule has 0 unspecified atom stereocenters. The number of hydrogen-bond acceptors (Lipinski definition) is 6. The molecule has 2 fully saturated rings. The maximum absolute atomic E-state index is 13.0. The summed E-state index contributed by atoms with van der Waals surface area (Å²) < 4.78 is 10.6. The van der Waals surface area contributed by atoms with Crippen molar-refractivity contribution >= 4 is 5.91 Å². The summed E-state index contributed by atoms with van der Waals surface area (Å²) >= 11 is 0. The van der Waals surface area contributed by atoms with Crippen molar-refractivity contribution in [2.45, 2.75) is 33.2 Å². The van der Waals surface area contributed by atoms with Gasteiger partial charge in [0.15, 0.2) is 0 Å². The molecule has 1 amide bonds. The monoisotopic (exact) mass is 336 g/mol. The third kappa shape index (κ3) is 3.34. The number of carbonyl (C=O) groups excluding carboxylic acids is 1. The molecule has 0 spiro atoms. The predicted molar refractivity (Wildman–Crippen MR) is 89.4 cm³/mol. The molecule has 2 N–H and O–H groups in total. The molecule has 2 saturated heterocycles. The minimum atomic E-state index is -0.415. The molecular formula is C17H28N4O3. The fourth-order valence-electron chi connectivity index (χ4n) is 3.66. The van der Waals surface area contributed by atoms with E-state index in [1.807, 2.05) is 18.7 Å². The second kappa shape index (κ2) is 7.21. The highest BCUT2D eigenvalue weighted by atomic mass is 16.5. The van der Waals surface area contributed by atoms with E-state index in [2.05, 4.69) is 10.1 Å². The minimum absolute atomic E-state index is 0.213. The van der Waals surface area contributed by atoms with E-state index in [1.54, 1.807) is 0 Å². The largest absolute Gasteiger partial charge is 0.381 e. The van der Waals surface area contributed by atoms with Gasteiger partial charge in [0, 0.05) is 58.0 Å². The first-order chi connectivity index (χ1) is 11.6. The fraction of sp³-hybridized carbons (Fsp3) is 0.765. The molecule has 0 aromatic carbocycles. The van der Waals surface area contributed by atoms with Gasteiger partial charge in [0.25, 0.3) is 0 Å². The quantitative estimate of drug-likeness (QED) is 0.871. The maximum atomic E-state index is 13.0. The Hall–Kier alpha value is -1.44. The Morgan fingerprint density at radius 1 is 1.21 bits per heavy atom. The van der Waals surface area contributed by atoms with Gasteiger partial charge < -0.3 is 19.9 Å². The number of carbonyl (C=O) groups is 1. The summed E-state index contributed by atoms with van der Waals surface area (Å²) in [5.74, 6) is 1.10. The molecule has 7 heteroatoms. The van der Waals surface area contributed by atoms with Crippen LogP contribution in [0.3, 0.4) is 0 Å². The Morgan fingerprint density at radius 2 is 1.88 bits per heavy atom. The van der Waals surface area contributed by atoms with Crippen molar-refractivity contribution in [3.8, 4) is 0 Å². The van der Waals surface area contributed by atoms with E-state index in [1.165, 1.54) is 0 Å². The Balaban J connectivity index is 1.57. The van der Waals surface area contributed by atoms with Crippen molar-refractivity contribution in [3.05, 3.63) is 17.0 Å². The van der Waals surface area contributed by atoms with Crippen LogP contribution >= 0.6 is 0 Å². The zero-order chi connectivity index (χ0) is 17.2. The molecule has 3 heterocycles. The van der Waals surface area contributed by atoms with Gasteiger partial charge in [0.05, 0.1) is 11.1 Å². The van der Waals surface area contributed by atoms with Crippen molar-refractivity contribution in [1.82, 2.24) is 15.0 Å². The molecule has 7 nitrogen and oxygen atoms in total. The molecule has 1 aromatic heterocycles. The van der Waals surface area contributed by atoms with Gasteiger partial charge in [-0.15, -0.1) is 0 Å². The van der Waals surface area contributed by atoms with Crippen molar-refractivity contribution in [2.75, 3.05) is 45.9 Å². The van der Waals surface area contributed by atoms with Crippen molar-refractivity contribution in [1.29, 1.82) is 0 Å². The van der Waals surface area contributed by atoms with Crippen molar-refractivity contribution in [2.24, 2.45) is 11.1 Å². The van der Waals surface area contributed by atoms with Crippen LogP contribution in [-0.4, -0.2) is 66.8 Å². The summed E-state index contributed by atoms with van der Waals surface area (Å²) in [6, 6.07) is 0. The van der Waals surface area contributed by atoms with Crippen LogP contribution < -0.4 is 5.73 Å². The molecule has 0 radical (unpaired) electrons. The standard InChI is InChI=1S/C17H28N4O3/c1-13-15(14(2)24-19-13)11-20-5-7-21(8-6-20)16(22)17(12-18)3-9-23-10-4-17/h3-12,18H2,1-2H3. The Kier molecular flexibility index (Phi) is 5.22. The van der Waals surface area contributed by atoms with Crippen LogP contribution in [-0.2, 0) is 16.1 Å². The van der Waals surface area contributed by atoms with Crippen LogP contribution in [0.4, 0.5) is 0 Å². The van der Waals surface area contributed by atoms with Crippen molar-refractivity contribution < 1.29 is 14.1 Å². The molecule has 24 heavy (non-hydrogen) atoms. The van der Waals surface area contributed by atoms with E-state index < -0.39 is 5.41 Å². The number of aromatic nitrogens is 1. The maximum Gasteiger partial charge on any atom is 0.230 e. The lowest BCUT2D eigenvalue weighted by Gasteiger charge is -2.42. The van der Waals surface area contributed by atoms with Gasteiger partial charge in [-0.3, -0.25) is 9.69 Å². The van der Waals surface area contributed by atoms with E-state index in [0.717, 1.165) is 62.6 Å². The molecule has 0 atom stereocenters. The lowest BCUT2D eigenvalue weighted by atomic mass is 9.78. The van der Waals surface area contributed by atoms with E-state index in [4.69, 9.17) is 15.0 Å². The number of nitrogens with zero attached hydrogens (tertiary/aromatic N) is 3. The first kappa shape index (κ1) is 17.4. The summed E-state index contributed by atoms with van der Waals surface area (Å²) in [5.41, 5.74) is 7.67. The molecule has 1 aromatic rings. The van der Waals surface area contributed by atoms with Crippen LogP contribution in [0.5, 0.6) is 0 Å². The van der Waals surface area contributed by atoms with Crippen molar-refractivity contribution in [3.63, 3.8) is 0 Å². The highest BCUT2D eigenvalue weighted by Gasteiger charge is 2.42. The van der Waals surface area contributed by atoms with Gasteiger partial charge in [-0.1, -0.05) is 5.16 Å². The van der Waals surface area contributed by atoms with Crippen LogP contribution in [0.25, 0.3) is 0 Å². The number of aryl methyl sites for hydroxylation is 2. The van der Waals surface area contributed by atoms with E-state index >= 15 is 0 Å². The molecule has 3 rings (SSSR count). The average Bonchev–Trinajstić information content (AvgIpc) is 2.94. The van der Waals surface area contributed by atoms with Gasteiger partial charge in [0.1, 0.15) is 5.76 Å². The molecule has 0 saturated carbocycles. The second-order valence-corrected chi connectivity index (χ2v) is 6.97. The SMILES string of the molecule is Cc1noc(C)c1CN1CCN(C(=O)C2(CN)CCOCC2)CC1. The number of piperazine rings is 1. The third-order valence-electron chi connectivity index (χ3n) is 5.52. The molecule has 2 aliphatic heterocycles. The average molecular weight is 336 g/mol. The van der Waals surface area contributed by atoms with Gasteiger partial charge >= 0.3 is 0 Å². The number of hydrogen-bond donors (Lipinski definition) is 1. The zero-order valence-corrected chi connectivity index (χ0v) is 14.7. The third-order valence-corrected chi connectivity index (χ3v) is 5.52. The fourth-order valence-corrected chi connectivity index (χ4v) is 3.66. The lowest BCUT2D eigenvalue weighted by Crippen LogP contribution is -2.56. The Labute approximate surface area is 143 Å². The number of nitrogens with two attached hydrogens (primary N) is 1. The normalized spacial score (nSPS) is 21.9. The van der Waals surface area contributed by atoms with Gasteiger partial charge in [-0.25, -0.2) is 0 Å². The Bertz CT molecular complexity index is 553. The van der Waals surface area contributed by atoms with Crippen LogP contribution in [0, 0.1) is 19.3 Å². The molecule has 0 aliphatic carbocycles. The highest BCUT2D eigenvalue weighted by molar-refractivity contribution is 5.83. The van der Waals surface area contributed by atoms with Crippen LogP contribution in [0.15, 0.2) is 4.52 Å². The Morgan fingerprint density at radius 3 is 2.42 bits per heavy atom. The first-order valence-corrected chi connectivity index (χ1v) is 8.77. The van der Waals surface area contributed by atoms with Crippen LogP contribution in [0.2, 0.25) is 0 Å². The van der Waals surface area contributed by atoms with E-state index in [-0.39, 0.29) is 5.91 Å². The summed E-state index contributed by atoms with van der Waals surface area (Å²) in [6.45, 7) is 9.68. The number of rotatable bonds is 4. The number of ether oxygens (including phenoxy) is 1. The lowest BCUT2D eigenvalue weighted by molar-refractivity contribution is -0.149. The topological polar surface area (TPSA) is 84.8 Å². The van der Waals surface area contributed by atoms with Crippen LogP contribution in [0.1, 0.15) is 29.9 Å². The zero-order valence-electron chi connectivity index (χ0n) is 14.7. The van der Waals surface area contributed by atoms with Gasteiger partial charge in [0.2, 0.25) is 5.91 Å². The highest BCUT2D eigenvalue weighted by Crippen LogP contribution is 2.32. The molecular weight excluding hydrogens is 308 g/mol. The predicted octanol–water partition coefficient (Wildman–Crippen LogP) is 0.691. The number of amides is 1.